The Bertz CT molecular complexity index is 1370. The molecule has 0 aliphatic rings. The summed E-state index contributed by atoms with van der Waals surface area (Å²) < 4.78 is 5.13. The number of fused-ring (bicyclic) bond motifs is 2. The Morgan fingerprint density at radius 1 is 1.37 bits per heavy atom. The SMILES string of the molecule is Cc1nn(C)c2c(-n3c(=O)c4sc(Br)cc4n(CCC#N)c3=O)nncc12. The molecule has 0 radical (unpaired) electrons. The van der Waals surface area contributed by atoms with E-state index in [-0.39, 0.29) is 18.8 Å². The molecule has 0 atom stereocenters. The van der Waals surface area contributed by atoms with Crippen LogP contribution in [0.25, 0.3) is 26.9 Å². The van der Waals surface area contributed by atoms with Gasteiger partial charge in [0.2, 0.25) is 0 Å². The predicted molar refractivity (Wildman–Crippen MR) is 104 cm³/mol. The van der Waals surface area contributed by atoms with E-state index in [4.69, 9.17) is 5.26 Å². The van der Waals surface area contributed by atoms with Gasteiger partial charge in [0, 0.05) is 19.0 Å². The lowest BCUT2D eigenvalue weighted by atomic mass is 10.3. The summed E-state index contributed by atoms with van der Waals surface area (Å²) in [6.45, 7) is 1.99. The molecule has 0 saturated carbocycles. The molecule has 9 nitrogen and oxygen atoms in total. The van der Waals surface area contributed by atoms with Crippen molar-refractivity contribution in [1.82, 2.24) is 29.1 Å². The second-order valence-corrected chi connectivity index (χ2v) is 8.32. The van der Waals surface area contributed by atoms with Crippen LogP contribution in [0.15, 0.2) is 25.6 Å². The quantitative estimate of drug-likeness (QED) is 0.475. The lowest BCUT2D eigenvalue weighted by Gasteiger charge is -2.11. The molecule has 27 heavy (non-hydrogen) atoms. The number of nitrogens with zero attached hydrogens (tertiary/aromatic N) is 7. The van der Waals surface area contributed by atoms with Crippen molar-refractivity contribution in [1.29, 1.82) is 5.26 Å². The van der Waals surface area contributed by atoms with Gasteiger partial charge in [-0.1, -0.05) is 0 Å². The largest absolute Gasteiger partial charge is 0.337 e. The normalized spacial score (nSPS) is 11.3. The maximum atomic E-state index is 13.2. The van der Waals surface area contributed by atoms with Crippen LogP contribution in [0.5, 0.6) is 0 Å². The predicted octanol–water partition coefficient (Wildman–Crippen LogP) is 1.88. The summed E-state index contributed by atoms with van der Waals surface area (Å²) in [6.07, 6.45) is 1.70. The number of halogens is 1. The van der Waals surface area contributed by atoms with E-state index >= 15 is 0 Å². The van der Waals surface area contributed by atoms with Gasteiger partial charge in [-0.15, -0.1) is 16.4 Å². The third-order valence-corrected chi connectivity index (χ3v) is 5.89. The molecule has 0 fully saturated rings. The fourth-order valence-corrected chi connectivity index (χ4v) is 4.64. The van der Waals surface area contributed by atoms with Gasteiger partial charge in [-0.3, -0.25) is 14.0 Å². The topological polar surface area (TPSA) is 111 Å². The first-order valence-corrected chi connectivity index (χ1v) is 9.52. The second-order valence-electron chi connectivity index (χ2n) is 5.89. The first-order valence-electron chi connectivity index (χ1n) is 7.91. The van der Waals surface area contributed by atoms with E-state index in [0.29, 0.717) is 21.1 Å². The van der Waals surface area contributed by atoms with Gasteiger partial charge in [0.15, 0.2) is 5.82 Å². The Morgan fingerprint density at radius 2 is 2.15 bits per heavy atom. The molecule has 0 aliphatic carbocycles. The summed E-state index contributed by atoms with van der Waals surface area (Å²) in [7, 11) is 1.72. The van der Waals surface area contributed by atoms with Crippen LogP contribution in [0.2, 0.25) is 0 Å². The number of rotatable bonds is 3. The second kappa shape index (κ2) is 6.40. The molecule has 0 unspecified atom stereocenters. The summed E-state index contributed by atoms with van der Waals surface area (Å²) >= 11 is 4.60. The Morgan fingerprint density at radius 3 is 2.89 bits per heavy atom. The van der Waals surface area contributed by atoms with Gasteiger partial charge in [-0.05, 0) is 28.9 Å². The van der Waals surface area contributed by atoms with Gasteiger partial charge in [-0.25, -0.2) is 9.36 Å². The van der Waals surface area contributed by atoms with Crippen molar-refractivity contribution in [2.45, 2.75) is 19.9 Å². The Hall–Kier alpha value is -2.84. The summed E-state index contributed by atoms with van der Waals surface area (Å²) in [6, 6.07) is 3.75. The van der Waals surface area contributed by atoms with E-state index in [1.54, 1.807) is 24.0 Å². The molecular formula is C16H12BrN7O2S. The van der Waals surface area contributed by atoms with Gasteiger partial charge in [0.1, 0.15) is 10.2 Å². The number of hydrogen-bond acceptors (Lipinski definition) is 7. The van der Waals surface area contributed by atoms with Gasteiger partial charge < -0.3 is 0 Å². The van der Waals surface area contributed by atoms with Crippen molar-refractivity contribution in [3.8, 4) is 11.9 Å². The monoisotopic (exact) mass is 445 g/mol. The number of aryl methyl sites for hydroxylation is 3. The van der Waals surface area contributed by atoms with Crippen LogP contribution < -0.4 is 11.2 Å². The molecule has 0 spiro atoms. The zero-order valence-electron chi connectivity index (χ0n) is 14.3. The smallest absolute Gasteiger partial charge is 0.291 e. The van der Waals surface area contributed by atoms with Crippen molar-refractivity contribution in [2.24, 2.45) is 7.05 Å². The molecule has 11 heteroatoms. The molecule has 0 aliphatic heterocycles. The van der Waals surface area contributed by atoms with Crippen molar-refractivity contribution in [3.05, 3.63) is 42.6 Å². The lowest BCUT2D eigenvalue weighted by molar-refractivity contribution is 0.655. The highest BCUT2D eigenvalue weighted by Crippen LogP contribution is 2.27. The van der Waals surface area contributed by atoms with E-state index in [0.717, 1.165) is 14.0 Å². The van der Waals surface area contributed by atoms with Gasteiger partial charge in [0.05, 0.1) is 33.7 Å². The van der Waals surface area contributed by atoms with Crippen LogP contribution in [0.1, 0.15) is 12.1 Å². The Kier molecular flexibility index (Phi) is 4.16. The third-order valence-electron chi connectivity index (χ3n) is 4.27. The van der Waals surface area contributed by atoms with Crippen molar-refractivity contribution in [3.63, 3.8) is 0 Å². The van der Waals surface area contributed by atoms with Gasteiger partial charge >= 0.3 is 5.69 Å². The van der Waals surface area contributed by atoms with E-state index in [1.165, 1.54) is 15.9 Å². The number of thiophene rings is 1. The van der Waals surface area contributed by atoms with Crippen LogP contribution in [0.4, 0.5) is 0 Å². The van der Waals surface area contributed by atoms with Crippen LogP contribution in [-0.4, -0.2) is 29.1 Å². The average molecular weight is 446 g/mol. The first kappa shape index (κ1) is 17.6. The minimum Gasteiger partial charge on any atom is -0.291 e. The summed E-state index contributed by atoms with van der Waals surface area (Å²) in [4.78, 5) is 26.3. The standard InChI is InChI=1S/C16H12BrN7O2S/c1-8-9-7-19-20-14(12(9)22(2)21-8)24-15(25)13-10(6-11(17)27-13)23(16(24)26)5-3-4-18/h6-7H,3,5H2,1-2H3. The van der Waals surface area contributed by atoms with Gasteiger partial charge in [0.25, 0.3) is 5.56 Å². The van der Waals surface area contributed by atoms with Crippen molar-refractivity contribution in [2.75, 3.05) is 0 Å². The summed E-state index contributed by atoms with van der Waals surface area (Å²) in [5.74, 6) is 0.128. The Balaban J connectivity index is 2.17. The molecule has 136 valence electrons. The molecule has 0 N–H and O–H groups in total. The first-order chi connectivity index (χ1) is 12.9. The fourth-order valence-electron chi connectivity index (χ4n) is 3.12. The number of hydrogen-bond donors (Lipinski definition) is 0. The highest BCUT2D eigenvalue weighted by molar-refractivity contribution is 9.11. The van der Waals surface area contributed by atoms with Crippen LogP contribution in [0, 0.1) is 18.3 Å². The third kappa shape index (κ3) is 2.60. The summed E-state index contributed by atoms with van der Waals surface area (Å²) in [5.41, 5.74) is 0.730. The van der Waals surface area contributed by atoms with Crippen LogP contribution in [-0.2, 0) is 13.6 Å². The molecule has 0 saturated heterocycles. The molecule has 4 rings (SSSR count). The molecule has 0 bridgehead atoms. The van der Waals surface area contributed by atoms with E-state index in [1.807, 2.05) is 13.0 Å². The average Bonchev–Trinajstić information content (AvgIpc) is 3.16. The molecular weight excluding hydrogens is 434 g/mol. The van der Waals surface area contributed by atoms with Crippen molar-refractivity contribution >= 4 is 48.4 Å². The van der Waals surface area contributed by atoms with E-state index < -0.39 is 11.2 Å². The van der Waals surface area contributed by atoms with Crippen LogP contribution >= 0.6 is 27.3 Å². The molecule has 0 amide bonds. The Labute approximate surface area is 164 Å². The highest BCUT2D eigenvalue weighted by Gasteiger charge is 2.21. The molecule has 4 aromatic heterocycles. The minimum absolute atomic E-state index is 0.128. The zero-order valence-corrected chi connectivity index (χ0v) is 16.7. The summed E-state index contributed by atoms with van der Waals surface area (Å²) in [5, 5.41) is 22.0. The molecule has 4 heterocycles. The van der Waals surface area contributed by atoms with Gasteiger partial charge in [-0.2, -0.15) is 15.5 Å². The fraction of sp³-hybridized carbons (Fsp3) is 0.250. The number of aromatic nitrogens is 6. The molecule has 4 aromatic rings. The maximum Gasteiger partial charge on any atom is 0.337 e. The lowest BCUT2D eigenvalue weighted by Crippen LogP contribution is -2.39. The number of nitriles is 1. The minimum atomic E-state index is -0.561. The van der Waals surface area contributed by atoms with E-state index in [2.05, 4.69) is 31.2 Å². The van der Waals surface area contributed by atoms with E-state index in [9.17, 15) is 9.59 Å². The van der Waals surface area contributed by atoms with Crippen molar-refractivity contribution < 1.29 is 0 Å². The molecule has 0 aromatic carbocycles. The maximum absolute atomic E-state index is 13.2. The van der Waals surface area contributed by atoms with Crippen LogP contribution in [0.3, 0.4) is 0 Å². The zero-order chi connectivity index (χ0) is 19.3. The highest BCUT2D eigenvalue weighted by atomic mass is 79.9.